The molecule has 0 radical (unpaired) electrons. The standard InChI is InChI=1S/C24H20N4O4S2/c29-17-7-3-1-5-15(17)13-19-21(31)25-23(33-19)27-9-11-28(12-10-27)24-26-22(32)20(34-24)14-16-6-2-4-8-18(16)30/h1-8,13-14,29-30H,9-12H2. The Hall–Kier alpha value is -3.50. The van der Waals surface area contributed by atoms with Gasteiger partial charge in [-0.2, -0.15) is 9.98 Å². The lowest BCUT2D eigenvalue weighted by Crippen LogP contribution is -2.49. The summed E-state index contributed by atoms with van der Waals surface area (Å²) in [6.45, 7) is 2.54. The zero-order chi connectivity index (χ0) is 23.7. The van der Waals surface area contributed by atoms with Gasteiger partial charge in [0.15, 0.2) is 10.3 Å². The number of piperazine rings is 1. The number of thioether (sulfide) groups is 2. The number of hydrogen-bond acceptors (Lipinski definition) is 8. The van der Waals surface area contributed by atoms with Crippen LogP contribution in [-0.4, -0.2) is 68.3 Å². The zero-order valence-corrected chi connectivity index (χ0v) is 19.6. The predicted octanol–water partition coefficient (Wildman–Crippen LogP) is 3.36. The number of hydrogen-bond donors (Lipinski definition) is 2. The summed E-state index contributed by atoms with van der Waals surface area (Å²) in [5.74, 6) is -0.395. The Bertz CT molecular complexity index is 1190. The maximum atomic E-state index is 12.4. The summed E-state index contributed by atoms with van der Waals surface area (Å²) in [6, 6.07) is 13.7. The van der Waals surface area contributed by atoms with Crippen LogP contribution in [0.15, 0.2) is 68.3 Å². The van der Waals surface area contributed by atoms with Crippen molar-refractivity contribution in [3.63, 3.8) is 0 Å². The van der Waals surface area contributed by atoms with Crippen LogP contribution in [0.3, 0.4) is 0 Å². The van der Waals surface area contributed by atoms with E-state index in [0.29, 0.717) is 57.5 Å². The van der Waals surface area contributed by atoms with Gasteiger partial charge in [0.1, 0.15) is 11.5 Å². The fourth-order valence-corrected chi connectivity index (χ4v) is 5.57. The molecule has 3 aliphatic rings. The molecule has 2 aromatic rings. The van der Waals surface area contributed by atoms with E-state index in [1.165, 1.54) is 23.5 Å². The molecule has 34 heavy (non-hydrogen) atoms. The Morgan fingerprint density at radius 3 is 1.44 bits per heavy atom. The maximum absolute atomic E-state index is 12.4. The summed E-state index contributed by atoms with van der Waals surface area (Å²) < 4.78 is 0. The van der Waals surface area contributed by atoms with E-state index in [1.807, 2.05) is 9.80 Å². The van der Waals surface area contributed by atoms with E-state index < -0.39 is 0 Å². The van der Waals surface area contributed by atoms with Gasteiger partial charge in [0.2, 0.25) is 0 Å². The van der Waals surface area contributed by atoms with Crippen molar-refractivity contribution in [3.05, 3.63) is 69.5 Å². The molecule has 0 spiro atoms. The van der Waals surface area contributed by atoms with Gasteiger partial charge in [0, 0.05) is 37.3 Å². The van der Waals surface area contributed by atoms with Crippen LogP contribution in [0.2, 0.25) is 0 Å². The Kier molecular flexibility index (Phi) is 6.16. The molecule has 8 nitrogen and oxygen atoms in total. The topological polar surface area (TPSA) is 106 Å². The largest absolute Gasteiger partial charge is 0.507 e. The fourth-order valence-electron chi connectivity index (χ4n) is 3.66. The molecule has 0 bridgehead atoms. The van der Waals surface area contributed by atoms with E-state index in [1.54, 1.807) is 60.7 Å². The first kappa shape index (κ1) is 22.3. The highest BCUT2D eigenvalue weighted by atomic mass is 32.2. The van der Waals surface area contributed by atoms with Crippen LogP contribution in [-0.2, 0) is 9.59 Å². The molecule has 0 unspecified atom stereocenters. The molecule has 0 aromatic heterocycles. The first-order chi connectivity index (χ1) is 16.5. The number of rotatable bonds is 2. The first-order valence-electron chi connectivity index (χ1n) is 10.6. The average molecular weight is 493 g/mol. The van der Waals surface area contributed by atoms with Crippen molar-refractivity contribution >= 4 is 57.8 Å². The van der Waals surface area contributed by atoms with Gasteiger partial charge in [0.25, 0.3) is 11.8 Å². The molecule has 2 amide bonds. The predicted molar refractivity (Wildman–Crippen MR) is 135 cm³/mol. The summed E-state index contributed by atoms with van der Waals surface area (Å²) in [5, 5.41) is 21.2. The first-order valence-corrected chi connectivity index (χ1v) is 12.2. The quantitative estimate of drug-likeness (QED) is 0.615. The molecule has 10 heteroatoms. The van der Waals surface area contributed by atoms with Gasteiger partial charge in [-0.25, -0.2) is 0 Å². The minimum atomic E-state index is -0.314. The number of phenols is 2. The second-order valence-corrected chi connectivity index (χ2v) is 9.73. The minimum absolute atomic E-state index is 0.116. The Morgan fingerprint density at radius 2 is 1.06 bits per heavy atom. The fraction of sp³-hybridized carbons (Fsp3) is 0.167. The average Bonchev–Trinajstić information content (AvgIpc) is 3.39. The number of carbonyl (C=O) groups excluding carboxylic acids is 2. The number of aliphatic imine (C=N–C) groups is 2. The molecule has 5 rings (SSSR count). The van der Waals surface area contributed by atoms with Gasteiger partial charge in [-0.3, -0.25) is 9.59 Å². The normalized spacial score (nSPS) is 20.9. The molecule has 3 heterocycles. The Morgan fingerprint density at radius 1 is 0.676 bits per heavy atom. The molecule has 3 aliphatic heterocycles. The van der Waals surface area contributed by atoms with Crippen molar-refractivity contribution in [1.29, 1.82) is 0 Å². The van der Waals surface area contributed by atoms with Crippen molar-refractivity contribution in [2.45, 2.75) is 0 Å². The van der Waals surface area contributed by atoms with Crippen LogP contribution in [0.4, 0.5) is 0 Å². The molecule has 1 saturated heterocycles. The molecular formula is C24H20N4O4S2. The highest BCUT2D eigenvalue weighted by molar-refractivity contribution is 8.18. The van der Waals surface area contributed by atoms with Crippen molar-refractivity contribution < 1.29 is 19.8 Å². The molecular weight excluding hydrogens is 472 g/mol. The Labute approximate surface area is 204 Å². The van der Waals surface area contributed by atoms with Gasteiger partial charge in [0.05, 0.1) is 9.81 Å². The Balaban J connectivity index is 1.20. The van der Waals surface area contributed by atoms with E-state index in [2.05, 4.69) is 9.98 Å². The number of amidine groups is 2. The van der Waals surface area contributed by atoms with Crippen LogP contribution < -0.4 is 0 Å². The summed E-state index contributed by atoms with van der Waals surface area (Å²) in [6.07, 6.45) is 3.31. The molecule has 0 saturated carbocycles. The van der Waals surface area contributed by atoms with Gasteiger partial charge < -0.3 is 20.0 Å². The number of aromatic hydroxyl groups is 2. The van der Waals surface area contributed by atoms with Crippen molar-refractivity contribution in [1.82, 2.24) is 9.80 Å². The number of nitrogens with zero attached hydrogens (tertiary/aromatic N) is 4. The highest BCUT2D eigenvalue weighted by Gasteiger charge is 2.32. The van der Waals surface area contributed by atoms with E-state index in [0.717, 1.165) is 0 Å². The molecule has 0 atom stereocenters. The van der Waals surface area contributed by atoms with Gasteiger partial charge in [-0.1, -0.05) is 36.4 Å². The maximum Gasteiger partial charge on any atom is 0.286 e. The summed E-state index contributed by atoms with van der Waals surface area (Å²) in [4.78, 5) is 38.2. The molecule has 172 valence electrons. The number of phenolic OH excluding ortho intramolecular Hbond substituents is 2. The van der Waals surface area contributed by atoms with Crippen molar-refractivity contribution in [2.75, 3.05) is 26.2 Å². The SMILES string of the molecule is O=C1N=C(N2CCN(C3=NC(=O)C(=Cc4ccccc4O)S3)CC2)SC1=Cc1ccccc1O. The third kappa shape index (κ3) is 4.59. The van der Waals surface area contributed by atoms with Gasteiger partial charge in [-0.15, -0.1) is 0 Å². The van der Waals surface area contributed by atoms with Gasteiger partial charge >= 0.3 is 0 Å². The third-order valence-corrected chi connectivity index (χ3v) is 7.57. The van der Waals surface area contributed by atoms with Gasteiger partial charge in [-0.05, 0) is 47.8 Å². The lowest BCUT2D eigenvalue weighted by atomic mass is 10.2. The monoisotopic (exact) mass is 492 g/mol. The summed E-state index contributed by atoms with van der Waals surface area (Å²) in [7, 11) is 0. The van der Waals surface area contributed by atoms with E-state index in [9.17, 15) is 19.8 Å². The number of para-hydroxylation sites is 2. The van der Waals surface area contributed by atoms with Crippen LogP contribution in [0.5, 0.6) is 11.5 Å². The lowest BCUT2D eigenvalue weighted by molar-refractivity contribution is -0.114. The molecule has 0 aliphatic carbocycles. The molecule has 2 aromatic carbocycles. The second-order valence-electron chi connectivity index (χ2n) is 7.71. The minimum Gasteiger partial charge on any atom is -0.507 e. The van der Waals surface area contributed by atoms with Crippen LogP contribution in [0.25, 0.3) is 12.2 Å². The summed E-state index contributed by atoms with van der Waals surface area (Å²) in [5.41, 5.74) is 1.15. The highest BCUT2D eigenvalue weighted by Crippen LogP contribution is 2.34. The van der Waals surface area contributed by atoms with Crippen LogP contribution in [0.1, 0.15) is 11.1 Å². The van der Waals surface area contributed by atoms with Crippen LogP contribution >= 0.6 is 23.5 Å². The van der Waals surface area contributed by atoms with E-state index in [-0.39, 0.29) is 23.3 Å². The van der Waals surface area contributed by atoms with Crippen molar-refractivity contribution in [2.24, 2.45) is 9.98 Å². The number of amides is 2. The zero-order valence-electron chi connectivity index (χ0n) is 17.9. The number of benzene rings is 2. The van der Waals surface area contributed by atoms with E-state index in [4.69, 9.17) is 0 Å². The molecule has 1 fully saturated rings. The van der Waals surface area contributed by atoms with Crippen LogP contribution in [0, 0.1) is 0 Å². The lowest BCUT2D eigenvalue weighted by Gasteiger charge is -2.35. The van der Waals surface area contributed by atoms with E-state index >= 15 is 0 Å². The number of carbonyl (C=O) groups is 2. The smallest absolute Gasteiger partial charge is 0.286 e. The molecule has 2 N–H and O–H groups in total. The third-order valence-electron chi connectivity index (χ3n) is 5.49. The second kappa shape index (κ2) is 9.40. The van der Waals surface area contributed by atoms with Crippen molar-refractivity contribution in [3.8, 4) is 11.5 Å². The summed E-state index contributed by atoms with van der Waals surface area (Å²) >= 11 is 2.60.